The van der Waals surface area contributed by atoms with Crippen LogP contribution in [-0.2, 0) is 6.54 Å². The molecule has 0 saturated carbocycles. The van der Waals surface area contributed by atoms with Crippen molar-refractivity contribution in [2.45, 2.75) is 39.5 Å². The first-order chi connectivity index (χ1) is 13.5. The molecular weight excluding hydrogens is 354 g/mol. The molecule has 0 radical (unpaired) electrons. The van der Waals surface area contributed by atoms with Gasteiger partial charge in [0.2, 0.25) is 0 Å². The third-order valence-electron chi connectivity index (χ3n) is 3.98. The van der Waals surface area contributed by atoms with Gasteiger partial charge in [0.05, 0.1) is 25.9 Å². The highest BCUT2D eigenvalue weighted by Gasteiger charge is 2.10. The lowest BCUT2D eigenvalue weighted by atomic mass is 10.1. The van der Waals surface area contributed by atoms with E-state index in [2.05, 4.69) is 15.6 Å². The SMILES string of the molecule is CCNC(=NCc1cccc(OC)c1)NCC(O)c1cccc(OC(C)C)c1. The predicted octanol–water partition coefficient (Wildman–Crippen LogP) is 3.27. The van der Waals surface area contributed by atoms with E-state index in [1.807, 2.05) is 69.3 Å². The van der Waals surface area contributed by atoms with E-state index in [0.29, 0.717) is 19.0 Å². The minimum absolute atomic E-state index is 0.0922. The molecule has 6 nitrogen and oxygen atoms in total. The highest BCUT2D eigenvalue weighted by Crippen LogP contribution is 2.20. The van der Waals surface area contributed by atoms with E-state index >= 15 is 0 Å². The summed E-state index contributed by atoms with van der Waals surface area (Å²) in [6, 6.07) is 15.4. The second kappa shape index (κ2) is 11.2. The second-order valence-electron chi connectivity index (χ2n) is 6.68. The fraction of sp³-hybridized carbons (Fsp3) is 0.409. The number of aliphatic hydroxyl groups is 1. The van der Waals surface area contributed by atoms with Crippen LogP contribution in [0.4, 0.5) is 0 Å². The lowest BCUT2D eigenvalue weighted by molar-refractivity contribution is 0.179. The largest absolute Gasteiger partial charge is 0.497 e. The Morgan fingerprint density at radius 1 is 1.07 bits per heavy atom. The Labute approximate surface area is 167 Å². The summed E-state index contributed by atoms with van der Waals surface area (Å²) < 4.78 is 10.9. The van der Waals surface area contributed by atoms with Gasteiger partial charge in [-0.1, -0.05) is 24.3 Å². The average Bonchev–Trinajstić information content (AvgIpc) is 2.69. The van der Waals surface area contributed by atoms with Gasteiger partial charge in [-0.25, -0.2) is 4.99 Å². The Balaban J connectivity index is 1.98. The fourth-order valence-corrected chi connectivity index (χ4v) is 2.66. The molecule has 2 aromatic carbocycles. The molecule has 0 aliphatic rings. The number of rotatable bonds is 9. The number of nitrogens with one attached hydrogen (secondary N) is 2. The maximum atomic E-state index is 10.5. The normalized spacial score (nSPS) is 12.6. The van der Waals surface area contributed by atoms with Gasteiger partial charge < -0.3 is 25.2 Å². The summed E-state index contributed by atoms with van der Waals surface area (Å²) in [4.78, 5) is 4.58. The summed E-state index contributed by atoms with van der Waals surface area (Å²) in [7, 11) is 1.65. The Hall–Kier alpha value is -2.73. The molecule has 0 aliphatic heterocycles. The van der Waals surface area contributed by atoms with Gasteiger partial charge >= 0.3 is 0 Å². The van der Waals surface area contributed by atoms with Crippen molar-refractivity contribution in [3.63, 3.8) is 0 Å². The molecule has 1 atom stereocenters. The van der Waals surface area contributed by atoms with Crippen LogP contribution in [-0.4, -0.2) is 37.4 Å². The molecule has 0 bridgehead atoms. The van der Waals surface area contributed by atoms with Crippen LogP contribution in [0.2, 0.25) is 0 Å². The zero-order valence-corrected chi connectivity index (χ0v) is 17.1. The summed E-state index contributed by atoms with van der Waals surface area (Å²) in [6.45, 7) is 7.55. The van der Waals surface area contributed by atoms with Crippen LogP contribution < -0.4 is 20.1 Å². The minimum Gasteiger partial charge on any atom is -0.497 e. The molecule has 0 spiro atoms. The monoisotopic (exact) mass is 385 g/mol. The van der Waals surface area contributed by atoms with Gasteiger partial charge in [-0.3, -0.25) is 0 Å². The van der Waals surface area contributed by atoms with E-state index in [4.69, 9.17) is 9.47 Å². The fourth-order valence-electron chi connectivity index (χ4n) is 2.66. The van der Waals surface area contributed by atoms with Crippen LogP contribution >= 0.6 is 0 Å². The van der Waals surface area contributed by atoms with E-state index < -0.39 is 6.10 Å². The number of aliphatic imine (C=N–C) groups is 1. The van der Waals surface area contributed by atoms with Crippen molar-refractivity contribution in [2.75, 3.05) is 20.2 Å². The molecule has 0 heterocycles. The van der Waals surface area contributed by atoms with Crippen LogP contribution in [0, 0.1) is 0 Å². The first-order valence-corrected chi connectivity index (χ1v) is 9.61. The quantitative estimate of drug-likeness (QED) is 0.456. The van der Waals surface area contributed by atoms with Gasteiger partial charge in [-0.2, -0.15) is 0 Å². The maximum absolute atomic E-state index is 10.5. The molecule has 152 valence electrons. The van der Waals surface area contributed by atoms with Crippen molar-refractivity contribution >= 4 is 5.96 Å². The first kappa shape index (κ1) is 21.6. The Bertz CT molecular complexity index is 762. The van der Waals surface area contributed by atoms with Gasteiger partial charge in [-0.05, 0) is 56.2 Å². The van der Waals surface area contributed by atoms with Crippen LogP contribution in [0.1, 0.15) is 38.0 Å². The van der Waals surface area contributed by atoms with Crippen molar-refractivity contribution in [3.05, 3.63) is 59.7 Å². The van der Waals surface area contributed by atoms with Crippen LogP contribution in [0.15, 0.2) is 53.5 Å². The molecule has 2 rings (SSSR count). The third kappa shape index (κ3) is 7.12. The van der Waals surface area contributed by atoms with Crippen molar-refractivity contribution in [3.8, 4) is 11.5 Å². The molecule has 0 aromatic heterocycles. The average molecular weight is 386 g/mol. The van der Waals surface area contributed by atoms with Gasteiger partial charge in [0.1, 0.15) is 11.5 Å². The molecule has 0 saturated heterocycles. The van der Waals surface area contributed by atoms with E-state index in [1.165, 1.54) is 0 Å². The molecule has 6 heteroatoms. The third-order valence-corrected chi connectivity index (χ3v) is 3.98. The topological polar surface area (TPSA) is 75.1 Å². The number of benzene rings is 2. The van der Waals surface area contributed by atoms with E-state index in [-0.39, 0.29) is 6.10 Å². The lowest BCUT2D eigenvalue weighted by Gasteiger charge is -2.17. The first-order valence-electron chi connectivity index (χ1n) is 9.61. The van der Waals surface area contributed by atoms with Crippen molar-refractivity contribution in [1.82, 2.24) is 10.6 Å². The number of aliphatic hydroxyl groups excluding tert-OH is 1. The Morgan fingerprint density at radius 3 is 2.54 bits per heavy atom. The maximum Gasteiger partial charge on any atom is 0.191 e. The molecule has 0 amide bonds. The van der Waals surface area contributed by atoms with Gasteiger partial charge in [0.15, 0.2) is 5.96 Å². The number of hydrogen-bond acceptors (Lipinski definition) is 4. The van der Waals surface area contributed by atoms with Crippen molar-refractivity contribution < 1.29 is 14.6 Å². The highest BCUT2D eigenvalue weighted by molar-refractivity contribution is 5.79. The van der Waals surface area contributed by atoms with Crippen LogP contribution in [0.3, 0.4) is 0 Å². The smallest absolute Gasteiger partial charge is 0.191 e. The predicted molar refractivity (Wildman–Crippen MR) is 113 cm³/mol. The minimum atomic E-state index is -0.670. The van der Waals surface area contributed by atoms with Crippen molar-refractivity contribution in [2.24, 2.45) is 4.99 Å². The lowest BCUT2D eigenvalue weighted by Crippen LogP contribution is -2.39. The number of methoxy groups -OCH3 is 1. The molecule has 1 unspecified atom stereocenters. The van der Waals surface area contributed by atoms with Crippen LogP contribution in [0.25, 0.3) is 0 Å². The zero-order chi connectivity index (χ0) is 20.4. The summed E-state index contributed by atoms with van der Waals surface area (Å²) in [6.07, 6.45) is -0.578. The number of ether oxygens (including phenoxy) is 2. The highest BCUT2D eigenvalue weighted by atomic mass is 16.5. The Kier molecular flexibility index (Phi) is 8.62. The van der Waals surface area contributed by atoms with Crippen molar-refractivity contribution in [1.29, 1.82) is 0 Å². The molecule has 3 N–H and O–H groups in total. The second-order valence-corrected chi connectivity index (χ2v) is 6.68. The molecular formula is C22H31N3O3. The van der Waals surface area contributed by atoms with E-state index in [1.54, 1.807) is 7.11 Å². The number of hydrogen-bond donors (Lipinski definition) is 3. The van der Waals surface area contributed by atoms with Gasteiger partial charge in [0.25, 0.3) is 0 Å². The Morgan fingerprint density at radius 2 is 1.82 bits per heavy atom. The van der Waals surface area contributed by atoms with Gasteiger partial charge in [0, 0.05) is 13.1 Å². The molecule has 28 heavy (non-hydrogen) atoms. The van der Waals surface area contributed by atoms with E-state index in [0.717, 1.165) is 29.2 Å². The van der Waals surface area contributed by atoms with Crippen LogP contribution in [0.5, 0.6) is 11.5 Å². The zero-order valence-electron chi connectivity index (χ0n) is 17.1. The molecule has 2 aromatic rings. The van der Waals surface area contributed by atoms with Gasteiger partial charge in [-0.15, -0.1) is 0 Å². The summed E-state index contributed by atoms with van der Waals surface area (Å²) in [5.74, 6) is 2.22. The number of nitrogens with zero attached hydrogens (tertiary/aromatic N) is 1. The number of guanidine groups is 1. The summed E-state index contributed by atoms with van der Waals surface area (Å²) in [5.41, 5.74) is 1.85. The summed E-state index contributed by atoms with van der Waals surface area (Å²) in [5, 5.41) is 16.9. The molecule has 0 aliphatic carbocycles. The van der Waals surface area contributed by atoms with E-state index in [9.17, 15) is 5.11 Å². The standard InChI is InChI=1S/C22H31N3O3/c1-5-23-22(24-14-17-8-6-10-19(12-17)27-4)25-15-21(26)18-9-7-11-20(13-18)28-16(2)3/h6-13,16,21,26H,5,14-15H2,1-4H3,(H2,23,24,25). The molecule has 0 fully saturated rings. The summed E-state index contributed by atoms with van der Waals surface area (Å²) >= 11 is 0.